The lowest BCUT2D eigenvalue weighted by molar-refractivity contribution is 0.102. The molecule has 0 unspecified atom stereocenters. The van der Waals surface area contributed by atoms with Crippen LogP contribution in [0.5, 0.6) is 5.75 Å². The number of hydrogen-bond donors (Lipinski definition) is 1. The first-order valence-corrected chi connectivity index (χ1v) is 7.17. The number of amides is 1. The summed E-state index contributed by atoms with van der Waals surface area (Å²) < 4.78 is 31.6. The molecule has 2 aromatic carbocycles. The highest BCUT2D eigenvalue weighted by Crippen LogP contribution is 2.26. The summed E-state index contributed by atoms with van der Waals surface area (Å²) in [6.07, 6.45) is 0. The first kappa shape index (κ1) is 15.4. The van der Waals surface area contributed by atoms with Crippen molar-refractivity contribution in [1.29, 1.82) is 0 Å². The van der Waals surface area contributed by atoms with Crippen molar-refractivity contribution in [2.24, 2.45) is 0 Å². The molecule has 0 aromatic heterocycles. The molecule has 0 atom stereocenters. The van der Waals surface area contributed by atoms with Crippen molar-refractivity contribution in [2.45, 2.75) is 5.33 Å². The van der Waals surface area contributed by atoms with E-state index < -0.39 is 17.5 Å². The molecule has 0 saturated carbocycles. The summed E-state index contributed by atoms with van der Waals surface area (Å²) in [6, 6.07) is 7.97. The molecule has 21 heavy (non-hydrogen) atoms. The van der Waals surface area contributed by atoms with Gasteiger partial charge in [0.25, 0.3) is 5.91 Å². The highest BCUT2D eigenvalue weighted by Gasteiger charge is 2.16. The largest absolute Gasteiger partial charge is 0.496 e. The molecule has 6 heteroatoms. The average Bonchev–Trinajstić information content (AvgIpc) is 2.49. The molecule has 110 valence electrons. The van der Waals surface area contributed by atoms with Gasteiger partial charge in [0.15, 0.2) is 0 Å². The van der Waals surface area contributed by atoms with Gasteiger partial charge in [0.05, 0.1) is 12.8 Å². The van der Waals surface area contributed by atoms with Crippen molar-refractivity contribution >= 4 is 27.5 Å². The van der Waals surface area contributed by atoms with Crippen LogP contribution in [0.2, 0.25) is 0 Å². The number of benzene rings is 2. The molecule has 0 aliphatic heterocycles. The Morgan fingerprint density at radius 2 is 2.05 bits per heavy atom. The summed E-state index contributed by atoms with van der Waals surface area (Å²) in [6.45, 7) is 0. The maximum Gasteiger partial charge on any atom is 0.256 e. The van der Waals surface area contributed by atoms with Crippen LogP contribution in [-0.2, 0) is 5.33 Å². The van der Waals surface area contributed by atoms with Crippen molar-refractivity contribution in [1.82, 2.24) is 0 Å². The summed E-state index contributed by atoms with van der Waals surface area (Å²) >= 11 is 3.29. The van der Waals surface area contributed by atoms with Crippen LogP contribution in [0.25, 0.3) is 0 Å². The van der Waals surface area contributed by atoms with Crippen molar-refractivity contribution < 1.29 is 18.3 Å². The van der Waals surface area contributed by atoms with Gasteiger partial charge in [-0.25, -0.2) is 8.78 Å². The van der Waals surface area contributed by atoms with Gasteiger partial charge < -0.3 is 10.1 Å². The molecule has 0 bridgehead atoms. The lowest BCUT2D eigenvalue weighted by Crippen LogP contribution is -2.15. The van der Waals surface area contributed by atoms with Crippen molar-refractivity contribution in [3.8, 4) is 5.75 Å². The number of rotatable bonds is 4. The van der Waals surface area contributed by atoms with E-state index in [1.165, 1.54) is 13.2 Å². The highest BCUT2D eigenvalue weighted by molar-refractivity contribution is 9.08. The fraction of sp³-hybridized carbons (Fsp3) is 0.133. The summed E-state index contributed by atoms with van der Waals surface area (Å²) in [5.41, 5.74) is 0.930. The van der Waals surface area contributed by atoms with E-state index in [0.29, 0.717) is 28.3 Å². The van der Waals surface area contributed by atoms with Gasteiger partial charge in [-0.1, -0.05) is 22.0 Å². The minimum atomic E-state index is -0.827. The zero-order chi connectivity index (χ0) is 15.4. The minimum absolute atomic E-state index is 0.0789. The second-order valence-corrected chi connectivity index (χ2v) is 4.76. The number of anilines is 1. The molecule has 2 rings (SSSR count). The Labute approximate surface area is 129 Å². The number of carbonyl (C=O) groups excluding carboxylic acids is 1. The average molecular weight is 356 g/mol. The standard InChI is InChI=1S/C15H12BrF2NO2/c1-21-14-4-2-3-10(11(14)8-16)15(20)19-13-6-5-9(17)7-12(13)18/h2-7H,8H2,1H3,(H,19,20). The van der Waals surface area contributed by atoms with E-state index in [9.17, 15) is 13.6 Å². The Kier molecular flexibility index (Phi) is 4.90. The van der Waals surface area contributed by atoms with Gasteiger partial charge in [-0.05, 0) is 24.3 Å². The van der Waals surface area contributed by atoms with Gasteiger partial charge in [-0.2, -0.15) is 0 Å². The van der Waals surface area contributed by atoms with E-state index >= 15 is 0 Å². The van der Waals surface area contributed by atoms with E-state index in [4.69, 9.17) is 4.74 Å². The van der Waals surface area contributed by atoms with Gasteiger partial charge in [-0.3, -0.25) is 4.79 Å². The predicted octanol–water partition coefficient (Wildman–Crippen LogP) is 4.12. The molecule has 0 saturated heterocycles. The summed E-state index contributed by atoms with van der Waals surface area (Å²) in [4.78, 5) is 12.3. The molecule has 0 aliphatic rings. The Morgan fingerprint density at radius 3 is 2.67 bits per heavy atom. The molecule has 0 heterocycles. The Morgan fingerprint density at radius 1 is 1.29 bits per heavy atom. The van der Waals surface area contributed by atoms with Gasteiger partial charge >= 0.3 is 0 Å². The number of alkyl halides is 1. The normalized spacial score (nSPS) is 10.3. The molecule has 0 radical (unpaired) electrons. The highest BCUT2D eigenvalue weighted by atomic mass is 79.9. The van der Waals surface area contributed by atoms with Crippen LogP contribution >= 0.6 is 15.9 Å². The van der Waals surface area contributed by atoms with E-state index in [-0.39, 0.29) is 5.69 Å². The van der Waals surface area contributed by atoms with Gasteiger partial charge in [0.2, 0.25) is 0 Å². The SMILES string of the molecule is COc1cccc(C(=O)Nc2ccc(F)cc2F)c1CBr. The minimum Gasteiger partial charge on any atom is -0.496 e. The predicted molar refractivity (Wildman–Crippen MR) is 79.9 cm³/mol. The second kappa shape index (κ2) is 6.67. The molecule has 3 nitrogen and oxygen atoms in total. The number of methoxy groups -OCH3 is 1. The third-order valence-corrected chi connectivity index (χ3v) is 3.47. The zero-order valence-corrected chi connectivity index (χ0v) is 12.7. The van der Waals surface area contributed by atoms with E-state index in [0.717, 1.165) is 6.07 Å². The number of ether oxygens (including phenoxy) is 1. The Bertz CT molecular complexity index is 677. The second-order valence-electron chi connectivity index (χ2n) is 4.20. The van der Waals surface area contributed by atoms with E-state index in [2.05, 4.69) is 21.2 Å². The van der Waals surface area contributed by atoms with E-state index in [1.807, 2.05) is 0 Å². The molecule has 0 aliphatic carbocycles. The quantitative estimate of drug-likeness (QED) is 0.837. The van der Waals surface area contributed by atoms with Crippen LogP contribution in [-0.4, -0.2) is 13.0 Å². The fourth-order valence-electron chi connectivity index (χ4n) is 1.89. The van der Waals surface area contributed by atoms with Crippen LogP contribution in [0.15, 0.2) is 36.4 Å². The summed E-state index contributed by atoms with van der Waals surface area (Å²) in [5.74, 6) is -1.47. The summed E-state index contributed by atoms with van der Waals surface area (Å²) in [7, 11) is 1.50. The van der Waals surface area contributed by atoms with E-state index in [1.54, 1.807) is 18.2 Å². The first-order valence-electron chi connectivity index (χ1n) is 6.05. The van der Waals surface area contributed by atoms with Gasteiger partial charge in [0.1, 0.15) is 17.4 Å². The smallest absolute Gasteiger partial charge is 0.256 e. The van der Waals surface area contributed by atoms with Gasteiger partial charge in [-0.15, -0.1) is 0 Å². The summed E-state index contributed by atoms with van der Waals surface area (Å²) in [5, 5.41) is 2.83. The molecular formula is C15H12BrF2NO2. The van der Waals surface area contributed by atoms with Crippen LogP contribution in [0, 0.1) is 11.6 Å². The molecule has 1 amide bonds. The number of nitrogens with one attached hydrogen (secondary N) is 1. The number of hydrogen-bond acceptors (Lipinski definition) is 2. The number of halogens is 3. The topological polar surface area (TPSA) is 38.3 Å². The first-order chi connectivity index (χ1) is 10.1. The monoisotopic (exact) mass is 355 g/mol. The molecule has 2 aromatic rings. The van der Waals surface area contributed by atoms with Crippen molar-refractivity contribution in [3.63, 3.8) is 0 Å². The van der Waals surface area contributed by atoms with Crippen LogP contribution in [0.1, 0.15) is 15.9 Å². The Hall–Kier alpha value is -1.95. The molecule has 1 N–H and O–H groups in total. The lowest BCUT2D eigenvalue weighted by atomic mass is 10.1. The molecular weight excluding hydrogens is 344 g/mol. The van der Waals surface area contributed by atoms with Crippen LogP contribution in [0.4, 0.5) is 14.5 Å². The third kappa shape index (κ3) is 3.39. The molecule has 0 spiro atoms. The fourth-order valence-corrected chi connectivity index (χ4v) is 2.47. The van der Waals surface area contributed by atoms with Gasteiger partial charge in [0, 0.05) is 22.5 Å². The van der Waals surface area contributed by atoms with Crippen molar-refractivity contribution in [2.75, 3.05) is 12.4 Å². The maximum absolute atomic E-state index is 13.6. The Balaban J connectivity index is 2.32. The third-order valence-electron chi connectivity index (χ3n) is 2.91. The van der Waals surface area contributed by atoms with Crippen LogP contribution < -0.4 is 10.1 Å². The van der Waals surface area contributed by atoms with Crippen LogP contribution in [0.3, 0.4) is 0 Å². The molecule has 0 fully saturated rings. The zero-order valence-electron chi connectivity index (χ0n) is 11.1. The lowest BCUT2D eigenvalue weighted by Gasteiger charge is -2.12. The van der Waals surface area contributed by atoms with Crippen molar-refractivity contribution in [3.05, 3.63) is 59.2 Å². The number of carbonyl (C=O) groups is 1. The maximum atomic E-state index is 13.6.